The molecule has 0 aliphatic carbocycles. The van der Waals surface area contributed by atoms with Gasteiger partial charge >= 0.3 is 0 Å². The van der Waals surface area contributed by atoms with Crippen molar-refractivity contribution in [3.05, 3.63) is 48.0 Å². The van der Waals surface area contributed by atoms with Crippen LogP contribution in [-0.2, 0) is 6.67 Å². The first-order valence-electron chi connectivity index (χ1n) is 8.85. The number of benzene rings is 2. The molecule has 0 aliphatic heterocycles. The lowest BCUT2D eigenvalue weighted by molar-refractivity contribution is 0.0957. The summed E-state index contributed by atoms with van der Waals surface area (Å²) in [4.78, 5) is 12.5. The van der Waals surface area contributed by atoms with Gasteiger partial charge in [0.05, 0.1) is 13.6 Å². The summed E-state index contributed by atoms with van der Waals surface area (Å²) in [6.45, 7) is 9.79. The largest absolute Gasteiger partial charge is 0.366 e. The van der Waals surface area contributed by atoms with E-state index in [9.17, 15) is 4.79 Å². The van der Waals surface area contributed by atoms with E-state index in [-0.39, 0.29) is 5.91 Å². The molecule has 0 bridgehead atoms. The Morgan fingerprint density at radius 3 is 2.65 bits per heavy atom. The van der Waals surface area contributed by atoms with Crippen molar-refractivity contribution in [3.8, 4) is 0 Å². The molecular weight excluding hydrogens is 342 g/mol. The number of hydrogen-bond acceptors (Lipinski definition) is 4. The van der Waals surface area contributed by atoms with Gasteiger partial charge in [0.15, 0.2) is 0 Å². The molecule has 0 saturated heterocycles. The first-order valence-corrected chi connectivity index (χ1v) is 12.3. The zero-order chi connectivity index (χ0) is 18.7. The van der Waals surface area contributed by atoms with E-state index in [1.165, 1.54) is 5.19 Å². The molecule has 1 aromatic heterocycles. The topological polar surface area (TPSA) is 71.8 Å². The number of hydrogen-bond donors (Lipinski definition) is 2. The molecule has 0 saturated carbocycles. The van der Waals surface area contributed by atoms with E-state index in [4.69, 9.17) is 0 Å². The van der Waals surface area contributed by atoms with E-state index < -0.39 is 8.07 Å². The fraction of sp³-hybridized carbons (Fsp3) is 0.316. The highest BCUT2D eigenvalue weighted by atomic mass is 28.3. The number of nitrogens with one attached hydrogen (secondary N) is 2. The third kappa shape index (κ3) is 3.77. The summed E-state index contributed by atoms with van der Waals surface area (Å²) in [7, 11) is -1.62. The van der Waals surface area contributed by atoms with Crippen molar-refractivity contribution in [2.75, 3.05) is 11.9 Å². The van der Waals surface area contributed by atoms with Crippen LogP contribution in [0, 0.1) is 0 Å². The minimum Gasteiger partial charge on any atom is -0.366 e. The Labute approximate surface area is 154 Å². The summed E-state index contributed by atoms with van der Waals surface area (Å²) in [6.07, 6.45) is 0. The van der Waals surface area contributed by atoms with Crippen LogP contribution < -0.4 is 15.8 Å². The van der Waals surface area contributed by atoms with Crippen LogP contribution in [0.4, 0.5) is 5.69 Å². The fourth-order valence-electron chi connectivity index (χ4n) is 2.95. The SMILES string of the molecule is CCNC(=O)c1cc(NCn2nnc3ccccc32)ccc1[Si](C)(C)C. The van der Waals surface area contributed by atoms with E-state index >= 15 is 0 Å². The summed E-state index contributed by atoms with van der Waals surface area (Å²) in [5.41, 5.74) is 3.50. The molecule has 7 heteroatoms. The number of nitrogens with zero attached hydrogens (tertiary/aromatic N) is 3. The standard InChI is InChI=1S/C19H25N5OSi/c1-5-20-19(25)15-12-14(10-11-18(15)26(2,3)4)21-13-24-17-9-7-6-8-16(17)22-23-24/h6-12,21H,5,13H2,1-4H3,(H,20,25). The van der Waals surface area contributed by atoms with Gasteiger partial charge in [-0.2, -0.15) is 0 Å². The third-order valence-electron chi connectivity index (χ3n) is 4.26. The molecule has 0 aliphatic rings. The quantitative estimate of drug-likeness (QED) is 0.657. The highest BCUT2D eigenvalue weighted by Gasteiger charge is 2.23. The average molecular weight is 368 g/mol. The van der Waals surface area contributed by atoms with Crippen molar-refractivity contribution in [1.82, 2.24) is 20.3 Å². The number of carbonyl (C=O) groups excluding carboxylic acids is 1. The lowest BCUT2D eigenvalue weighted by Crippen LogP contribution is -2.43. The van der Waals surface area contributed by atoms with Gasteiger partial charge in [0.25, 0.3) is 5.91 Å². The average Bonchev–Trinajstić information content (AvgIpc) is 3.02. The van der Waals surface area contributed by atoms with E-state index in [2.05, 4.69) is 46.7 Å². The van der Waals surface area contributed by atoms with Gasteiger partial charge in [-0.25, -0.2) is 4.68 Å². The zero-order valence-corrected chi connectivity index (χ0v) is 16.7. The Bertz CT molecular complexity index is 929. The van der Waals surface area contributed by atoms with Gasteiger partial charge in [-0.3, -0.25) is 4.79 Å². The normalized spacial score (nSPS) is 11.5. The molecule has 26 heavy (non-hydrogen) atoms. The van der Waals surface area contributed by atoms with Crippen LogP contribution in [0.1, 0.15) is 17.3 Å². The number of amides is 1. The summed E-state index contributed by atoms with van der Waals surface area (Å²) >= 11 is 0. The number of para-hydroxylation sites is 1. The highest BCUT2D eigenvalue weighted by Crippen LogP contribution is 2.15. The van der Waals surface area contributed by atoms with Crippen LogP contribution in [-0.4, -0.2) is 35.5 Å². The molecule has 3 rings (SSSR count). The second kappa shape index (κ2) is 7.29. The molecule has 1 heterocycles. The fourth-order valence-corrected chi connectivity index (χ4v) is 4.53. The lowest BCUT2D eigenvalue weighted by atomic mass is 10.2. The number of aromatic nitrogens is 3. The second-order valence-electron chi connectivity index (χ2n) is 7.28. The van der Waals surface area contributed by atoms with Crippen molar-refractivity contribution < 1.29 is 4.79 Å². The van der Waals surface area contributed by atoms with Gasteiger partial charge < -0.3 is 10.6 Å². The van der Waals surface area contributed by atoms with Crippen molar-refractivity contribution in [1.29, 1.82) is 0 Å². The first-order chi connectivity index (χ1) is 12.4. The molecule has 6 nitrogen and oxygen atoms in total. The predicted molar refractivity (Wildman–Crippen MR) is 109 cm³/mol. The van der Waals surface area contributed by atoms with Gasteiger partial charge in [-0.05, 0) is 36.4 Å². The molecule has 136 valence electrons. The van der Waals surface area contributed by atoms with Crippen LogP contribution >= 0.6 is 0 Å². The highest BCUT2D eigenvalue weighted by molar-refractivity contribution is 6.89. The van der Waals surface area contributed by atoms with Crippen LogP contribution in [0.15, 0.2) is 42.5 Å². The maximum atomic E-state index is 12.5. The Morgan fingerprint density at radius 1 is 1.15 bits per heavy atom. The molecule has 3 aromatic rings. The summed E-state index contributed by atoms with van der Waals surface area (Å²) < 4.78 is 1.81. The van der Waals surface area contributed by atoms with Crippen LogP contribution in [0.5, 0.6) is 0 Å². The van der Waals surface area contributed by atoms with E-state index in [0.29, 0.717) is 13.2 Å². The monoisotopic (exact) mass is 367 g/mol. The second-order valence-corrected chi connectivity index (χ2v) is 12.3. The Balaban J connectivity index is 1.86. The zero-order valence-electron chi connectivity index (χ0n) is 15.7. The van der Waals surface area contributed by atoms with E-state index in [1.807, 2.05) is 48.0 Å². The summed E-state index contributed by atoms with van der Waals surface area (Å²) in [5, 5.41) is 15.8. The van der Waals surface area contributed by atoms with Gasteiger partial charge in [0.2, 0.25) is 0 Å². The molecule has 2 N–H and O–H groups in total. The first kappa shape index (κ1) is 18.1. The van der Waals surface area contributed by atoms with Crippen molar-refractivity contribution in [3.63, 3.8) is 0 Å². The Kier molecular flexibility index (Phi) is 5.08. The molecule has 0 atom stereocenters. The molecule has 1 amide bonds. The summed E-state index contributed by atoms with van der Waals surface area (Å²) in [6, 6.07) is 13.9. The number of anilines is 1. The number of rotatable bonds is 6. The molecule has 0 unspecified atom stereocenters. The van der Waals surface area contributed by atoms with E-state index in [1.54, 1.807) is 0 Å². The molecule has 0 spiro atoms. The van der Waals surface area contributed by atoms with Gasteiger partial charge in [0.1, 0.15) is 12.2 Å². The van der Waals surface area contributed by atoms with Crippen molar-refractivity contribution in [2.45, 2.75) is 33.2 Å². The predicted octanol–water partition coefficient (Wildman–Crippen LogP) is 2.80. The van der Waals surface area contributed by atoms with Crippen molar-refractivity contribution in [2.24, 2.45) is 0 Å². The smallest absolute Gasteiger partial charge is 0.251 e. The van der Waals surface area contributed by atoms with Gasteiger partial charge in [-0.1, -0.05) is 43.1 Å². The van der Waals surface area contributed by atoms with Crippen molar-refractivity contribution >= 4 is 35.9 Å². The number of carbonyl (C=O) groups is 1. The molecule has 0 fully saturated rings. The molecule has 2 aromatic carbocycles. The maximum Gasteiger partial charge on any atom is 0.251 e. The van der Waals surface area contributed by atoms with Gasteiger partial charge in [0, 0.05) is 17.8 Å². The van der Waals surface area contributed by atoms with E-state index in [0.717, 1.165) is 22.3 Å². The Hall–Kier alpha value is -2.67. The molecular formula is C19H25N5OSi. The third-order valence-corrected chi connectivity index (χ3v) is 6.31. The summed E-state index contributed by atoms with van der Waals surface area (Å²) in [5.74, 6) is -0.0141. The van der Waals surface area contributed by atoms with Crippen LogP contribution in [0.25, 0.3) is 11.0 Å². The minimum atomic E-state index is -1.62. The molecule has 0 radical (unpaired) electrons. The lowest BCUT2D eigenvalue weighted by Gasteiger charge is -2.21. The number of fused-ring (bicyclic) bond motifs is 1. The maximum absolute atomic E-state index is 12.5. The van der Waals surface area contributed by atoms with Crippen LogP contribution in [0.2, 0.25) is 19.6 Å². The minimum absolute atomic E-state index is 0.0141. The van der Waals surface area contributed by atoms with Crippen LogP contribution in [0.3, 0.4) is 0 Å². The van der Waals surface area contributed by atoms with Gasteiger partial charge in [-0.15, -0.1) is 5.10 Å². The Morgan fingerprint density at radius 2 is 1.92 bits per heavy atom.